The molecule has 2 rings (SSSR count). The highest BCUT2D eigenvalue weighted by atomic mass is 16.6. The van der Waals surface area contributed by atoms with Gasteiger partial charge in [-0.25, -0.2) is 4.79 Å². The van der Waals surface area contributed by atoms with Gasteiger partial charge in [0, 0.05) is 11.5 Å². The minimum atomic E-state index is -0.379. The predicted molar refractivity (Wildman–Crippen MR) is 88.2 cm³/mol. The van der Waals surface area contributed by atoms with Crippen LogP contribution >= 0.6 is 0 Å². The molecule has 1 aliphatic carbocycles. The Morgan fingerprint density at radius 3 is 2.65 bits per heavy atom. The normalized spacial score (nSPS) is 16.2. The summed E-state index contributed by atoms with van der Waals surface area (Å²) in [7, 11) is 0. The summed E-state index contributed by atoms with van der Waals surface area (Å²) in [4.78, 5) is 11.4. The first-order valence-corrected chi connectivity index (χ1v) is 8.27. The van der Waals surface area contributed by atoms with Crippen LogP contribution in [0, 0.1) is 12.8 Å². The average molecular weight is 319 g/mol. The van der Waals surface area contributed by atoms with E-state index in [1.807, 2.05) is 25.1 Å². The van der Waals surface area contributed by atoms with Gasteiger partial charge in [-0.3, -0.25) is 0 Å². The first-order valence-electron chi connectivity index (χ1n) is 8.27. The molecule has 126 valence electrons. The summed E-state index contributed by atoms with van der Waals surface area (Å²) in [6.45, 7) is 3.92. The van der Waals surface area contributed by atoms with E-state index in [1.165, 1.54) is 19.3 Å². The summed E-state index contributed by atoms with van der Waals surface area (Å²) < 4.78 is 10.3. The van der Waals surface area contributed by atoms with E-state index >= 15 is 0 Å². The van der Waals surface area contributed by atoms with Crippen LogP contribution in [-0.2, 0) is 9.53 Å². The molecule has 5 heteroatoms. The van der Waals surface area contributed by atoms with E-state index in [9.17, 15) is 10.0 Å². The molecular formula is C18H25NO4. The van der Waals surface area contributed by atoms with Gasteiger partial charge in [-0.2, -0.15) is 0 Å². The van der Waals surface area contributed by atoms with Gasteiger partial charge >= 0.3 is 5.97 Å². The fraction of sp³-hybridized carbons (Fsp3) is 0.556. The van der Waals surface area contributed by atoms with E-state index in [2.05, 4.69) is 5.16 Å². The molecule has 1 aromatic carbocycles. The second kappa shape index (κ2) is 8.56. The van der Waals surface area contributed by atoms with Gasteiger partial charge in [0.2, 0.25) is 0 Å². The Kier molecular flexibility index (Phi) is 6.44. The lowest BCUT2D eigenvalue weighted by molar-refractivity contribution is -0.145. The molecule has 0 aliphatic heterocycles. The Bertz CT molecular complexity index is 562. The maximum absolute atomic E-state index is 11.4. The fourth-order valence-corrected chi connectivity index (χ4v) is 3.06. The number of hydrogen-bond donors (Lipinski definition) is 1. The van der Waals surface area contributed by atoms with Crippen molar-refractivity contribution < 1.29 is 19.5 Å². The number of hydrogen-bond acceptors (Lipinski definition) is 5. The Balaban J connectivity index is 2.06. The highest BCUT2D eigenvalue weighted by molar-refractivity contribution is 6.02. The standard InChI is InChI=1S/C18H25NO4/c1-3-22-17(20)12-23-16-10-9-15(11-13(16)2)18(19-21)14-7-5-4-6-8-14/h9-11,14,21H,3-8,12H2,1-2H3. The maximum Gasteiger partial charge on any atom is 0.344 e. The van der Waals surface area contributed by atoms with Crippen LogP contribution in [0.15, 0.2) is 23.4 Å². The minimum Gasteiger partial charge on any atom is -0.482 e. The highest BCUT2D eigenvalue weighted by Gasteiger charge is 2.21. The smallest absolute Gasteiger partial charge is 0.344 e. The number of nitrogens with zero attached hydrogens (tertiary/aromatic N) is 1. The summed E-state index contributed by atoms with van der Waals surface area (Å²) in [5.74, 6) is 0.581. The molecule has 0 amide bonds. The molecular weight excluding hydrogens is 294 g/mol. The van der Waals surface area contributed by atoms with Crippen molar-refractivity contribution in [3.05, 3.63) is 29.3 Å². The molecule has 0 saturated heterocycles. The van der Waals surface area contributed by atoms with Crippen molar-refractivity contribution in [2.24, 2.45) is 11.1 Å². The lowest BCUT2D eigenvalue weighted by Gasteiger charge is -2.23. The van der Waals surface area contributed by atoms with Crippen LogP contribution in [0.5, 0.6) is 5.75 Å². The van der Waals surface area contributed by atoms with E-state index in [0.717, 1.165) is 29.7 Å². The van der Waals surface area contributed by atoms with Crippen LogP contribution < -0.4 is 4.74 Å². The van der Waals surface area contributed by atoms with Crippen LogP contribution in [-0.4, -0.2) is 30.1 Å². The van der Waals surface area contributed by atoms with Crippen molar-refractivity contribution in [1.82, 2.24) is 0 Å². The SMILES string of the molecule is CCOC(=O)COc1ccc(C(=NO)C2CCCCC2)cc1C. The summed E-state index contributed by atoms with van der Waals surface area (Å²) in [5.41, 5.74) is 2.58. The topological polar surface area (TPSA) is 68.1 Å². The van der Waals surface area contributed by atoms with Gasteiger partial charge in [-0.1, -0.05) is 24.4 Å². The number of aryl methyl sites for hydroxylation is 1. The van der Waals surface area contributed by atoms with Crippen molar-refractivity contribution in [2.45, 2.75) is 46.0 Å². The fourth-order valence-electron chi connectivity index (χ4n) is 3.06. The maximum atomic E-state index is 11.4. The molecule has 0 bridgehead atoms. The molecule has 0 heterocycles. The molecule has 0 spiro atoms. The number of carbonyl (C=O) groups is 1. The summed E-state index contributed by atoms with van der Waals surface area (Å²) in [6.07, 6.45) is 5.76. The van der Waals surface area contributed by atoms with Gasteiger partial charge < -0.3 is 14.7 Å². The first kappa shape index (κ1) is 17.3. The Morgan fingerprint density at radius 1 is 1.30 bits per heavy atom. The third-order valence-electron chi connectivity index (χ3n) is 4.22. The molecule has 0 atom stereocenters. The van der Waals surface area contributed by atoms with E-state index in [0.29, 0.717) is 18.3 Å². The van der Waals surface area contributed by atoms with Crippen LogP contribution in [0.25, 0.3) is 0 Å². The second-order valence-corrected chi connectivity index (χ2v) is 5.89. The molecule has 1 aliphatic rings. The quantitative estimate of drug-likeness (QED) is 0.376. The van der Waals surface area contributed by atoms with Crippen LogP contribution in [0.4, 0.5) is 0 Å². The first-order chi connectivity index (χ1) is 11.2. The van der Waals surface area contributed by atoms with Crippen LogP contribution in [0.3, 0.4) is 0 Å². The third kappa shape index (κ3) is 4.71. The molecule has 5 nitrogen and oxygen atoms in total. The molecule has 0 radical (unpaired) electrons. The number of rotatable bonds is 6. The van der Waals surface area contributed by atoms with Gasteiger partial charge in [0.1, 0.15) is 5.75 Å². The molecule has 23 heavy (non-hydrogen) atoms. The van der Waals surface area contributed by atoms with Crippen molar-refractivity contribution in [1.29, 1.82) is 0 Å². The third-order valence-corrected chi connectivity index (χ3v) is 4.22. The van der Waals surface area contributed by atoms with Crippen molar-refractivity contribution in [2.75, 3.05) is 13.2 Å². The Morgan fingerprint density at radius 2 is 2.04 bits per heavy atom. The Labute approximate surface area is 137 Å². The zero-order chi connectivity index (χ0) is 16.7. The summed E-state index contributed by atoms with van der Waals surface area (Å²) in [5, 5.41) is 13.0. The van der Waals surface area contributed by atoms with Crippen molar-refractivity contribution >= 4 is 11.7 Å². The molecule has 1 aromatic rings. The monoisotopic (exact) mass is 319 g/mol. The number of carbonyl (C=O) groups excluding carboxylic acids is 1. The summed E-state index contributed by atoms with van der Waals surface area (Å²) >= 11 is 0. The van der Waals surface area contributed by atoms with Crippen molar-refractivity contribution in [3.63, 3.8) is 0 Å². The zero-order valence-electron chi connectivity index (χ0n) is 13.9. The van der Waals surface area contributed by atoms with Crippen LogP contribution in [0.1, 0.15) is 50.2 Å². The van der Waals surface area contributed by atoms with Gasteiger partial charge in [-0.05, 0) is 50.5 Å². The summed E-state index contributed by atoms with van der Waals surface area (Å²) in [6, 6.07) is 5.65. The lowest BCUT2D eigenvalue weighted by Crippen LogP contribution is -2.19. The number of esters is 1. The molecule has 0 aromatic heterocycles. The second-order valence-electron chi connectivity index (χ2n) is 5.89. The molecule has 1 fully saturated rings. The van der Waals surface area contributed by atoms with E-state index < -0.39 is 0 Å². The Hall–Kier alpha value is -2.04. The van der Waals surface area contributed by atoms with Crippen molar-refractivity contribution in [3.8, 4) is 5.75 Å². The number of ether oxygens (including phenoxy) is 2. The minimum absolute atomic E-state index is 0.0996. The average Bonchev–Trinajstić information content (AvgIpc) is 2.56. The molecule has 1 N–H and O–H groups in total. The number of benzene rings is 1. The zero-order valence-corrected chi connectivity index (χ0v) is 13.9. The highest BCUT2D eigenvalue weighted by Crippen LogP contribution is 2.29. The predicted octanol–water partition coefficient (Wildman–Crippen LogP) is 3.70. The van der Waals surface area contributed by atoms with Gasteiger partial charge in [0.25, 0.3) is 0 Å². The van der Waals surface area contributed by atoms with Gasteiger partial charge in [0.05, 0.1) is 12.3 Å². The van der Waals surface area contributed by atoms with Gasteiger partial charge in [-0.15, -0.1) is 0 Å². The van der Waals surface area contributed by atoms with E-state index in [1.54, 1.807) is 6.92 Å². The van der Waals surface area contributed by atoms with E-state index in [-0.39, 0.29) is 12.6 Å². The molecule has 1 saturated carbocycles. The van der Waals surface area contributed by atoms with Crippen LogP contribution in [0.2, 0.25) is 0 Å². The van der Waals surface area contributed by atoms with Gasteiger partial charge in [0.15, 0.2) is 6.61 Å². The largest absolute Gasteiger partial charge is 0.482 e. The molecule has 0 unspecified atom stereocenters. The van der Waals surface area contributed by atoms with E-state index in [4.69, 9.17) is 9.47 Å². The lowest BCUT2D eigenvalue weighted by atomic mass is 9.83. The number of oxime groups is 1.